The van der Waals surface area contributed by atoms with E-state index in [0.717, 1.165) is 41.8 Å². The van der Waals surface area contributed by atoms with E-state index in [1.165, 1.54) is 0 Å². The summed E-state index contributed by atoms with van der Waals surface area (Å²) in [4.78, 5) is 27.2. The zero-order valence-electron chi connectivity index (χ0n) is 20.7. The van der Waals surface area contributed by atoms with Crippen molar-refractivity contribution in [1.29, 1.82) is 0 Å². The second-order valence-electron chi connectivity index (χ2n) is 8.79. The molecule has 0 saturated heterocycles. The van der Waals surface area contributed by atoms with Crippen LogP contribution in [-0.4, -0.2) is 66.0 Å². The first-order valence-corrected chi connectivity index (χ1v) is 11.8. The number of carbonyl (C=O) groups excluding carboxylic acids is 2. The molecule has 182 valence electrons. The first-order valence-electron chi connectivity index (χ1n) is 11.8. The molecule has 2 aromatic rings. The van der Waals surface area contributed by atoms with Crippen molar-refractivity contribution in [2.24, 2.45) is 5.92 Å². The van der Waals surface area contributed by atoms with Gasteiger partial charge in [-0.3, -0.25) is 14.5 Å². The Morgan fingerprint density at radius 2 is 1.67 bits per heavy atom. The SMILES string of the molecule is CC(C)C.CCCN(CC)CC(=O)N[C@@H](Cc1cccc2ccccc12)C(=O)NCB(O)O. The number of nitrogens with zero attached hydrogens (tertiary/aromatic N) is 1. The van der Waals surface area contributed by atoms with Crippen LogP contribution < -0.4 is 10.6 Å². The molecule has 2 rings (SSSR count). The van der Waals surface area contributed by atoms with Crippen molar-refractivity contribution in [3.8, 4) is 0 Å². The predicted molar refractivity (Wildman–Crippen MR) is 136 cm³/mol. The number of nitrogens with one attached hydrogen (secondary N) is 2. The highest BCUT2D eigenvalue weighted by Gasteiger charge is 2.24. The summed E-state index contributed by atoms with van der Waals surface area (Å²) >= 11 is 0. The lowest BCUT2D eigenvalue weighted by atomic mass is 9.92. The van der Waals surface area contributed by atoms with Crippen molar-refractivity contribution in [2.75, 3.05) is 26.1 Å². The summed E-state index contributed by atoms with van der Waals surface area (Å²) in [5.41, 5.74) is 0.939. The van der Waals surface area contributed by atoms with E-state index >= 15 is 0 Å². The van der Waals surface area contributed by atoms with Crippen LogP contribution in [0.3, 0.4) is 0 Å². The van der Waals surface area contributed by atoms with Gasteiger partial charge in [0.2, 0.25) is 11.8 Å². The zero-order valence-corrected chi connectivity index (χ0v) is 20.7. The van der Waals surface area contributed by atoms with E-state index in [9.17, 15) is 9.59 Å². The lowest BCUT2D eigenvalue weighted by molar-refractivity contribution is -0.129. The highest BCUT2D eigenvalue weighted by atomic mass is 16.4. The van der Waals surface area contributed by atoms with E-state index in [4.69, 9.17) is 10.0 Å². The molecule has 4 N–H and O–H groups in total. The van der Waals surface area contributed by atoms with E-state index in [0.29, 0.717) is 6.42 Å². The lowest BCUT2D eigenvalue weighted by Gasteiger charge is -2.23. The number of benzene rings is 2. The molecule has 0 saturated carbocycles. The third kappa shape index (κ3) is 11.3. The first kappa shape index (κ1) is 28.6. The Morgan fingerprint density at radius 1 is 1.03 bits per heavy atom. The van der Waals surface area contributed by atoms with Crippen LogP contribution in [-0.2, 0) is 16.0 Å². The van der Waals surface area contributed by atoms with Crippen LogP contribution in [0.4, 0.5) is 0 Å². The van der Waals surface area contributed by atoms with Gasteiger partial charge in [-0.15, -0.1) is 0 Å². The molecule has 1 atom stereocenters. The number of carbonyl (C=O) groups is 2. The lowest BCUT2D eigenvalue weighted by Crippen LogP contribution is -2.52. The molecule has 0 heterocycles. The monoisotopic (exact) mass is 457 g/mol. The number of likely N-dealkylation sites (N-methyl/N-ethyl adjacent to an activating group) is 1. The summed E-state index contributed by atoms with van der Waals surface area (Å²) in [6.45, 7) is 12.3. The maximum absolute atomic E-state index is 12.6. The van der Waals surface area contributed by atoms with Gasteiger partial charge in [0.1, 0.15) is 6.04 Å². The Morgan fingerprint density at radius 3 is 2.27 bits per heavy atom. The molecule has 0 bridgehead atoms. The van der Waals surface area contributed by atoms with Crippen molar-refractivity contribution in [3.63, 3.8) is 0 Å². The molecule has 0 unspecified atom stereocenters. The summed E-state index contributed by atoms with van der Waals surface area (Å²) in [7, 11) is -1.65. The Kier molecular flexibility index (Phi) is 13.4. The summed E-state index contributed by atoms with van der Waals surface area (Å²) < 4.78 is 0. The van der Waals surface area contributed by atoms with E-state index in [2.05, 4.69) is 38.3 Å². The highest BCUT2D eigenvalue weighted by molar-refractivity contribution is 6.41. The molecule has 0 aromatic heterocycles. The molecule has 7 nitrogen and oxygen atoms in total. The Balaban J connectivity index is 0.00000125. The molecule has 0 aliphatic carbocycles. The van der Waals surface area contributed by atoms with Gasteiger partial charge in [-0.2, -0.15) is 0 Å². The first-order chi connectivity index (χ1) is 15.7. The van der Waals surface area contributed by atoms with Crippen molar-refractivity contribution in [3.05, 3.63) is 48.0 Å². The van der Waals surface area contributed by atoms with Gasteiger partial charge in [0.05, 0.1) is 13.0 Å². The van der Waals surface area contributed by atoms with Gasteiger partial charge in [0, 0.05) is 6.42 Å². The number of rotatable bonds is 11. The van der Waals surface area contributed by atoms with Crippen LogP contribution >= 0.6 is 0 Å². The maximum Gasteiger partial charge on any atom is 0.472 e. The molecular formula is C25H40BN3O4. The summed E-state index contributed by atoms with van der Waals surface area (Å²) in [6, 6.07) is 12.9. The molecule has 2 amide bonds. The molecule has 8 heteroatoms. The Hall–Kier alpha value is -2.42. The predicted octanol–water partition coefficient (Wildman–Crippen LogP) is 2.39. The molecule has 2 aromatic carbocycles. The van der Waals surface area contributed by atoms with E-state index < -0.39 is 19.1 Å². The minimum absolute atomic E-state index is 0.215. The topological polar surface area (TPSA) is 102 Å². The van der Waals surface area contributed by atoms with Gasteiger partial charge in [-0.05, 0) is 41.8 Å². The molecule has 0 radical (unpaired) electrons. The smallest absolute Gasteiger partial charge is 0.426 e. The maximum atomic E-state index is 12.6. The fourth-order valence-electron chi connectivity index (χ4n) is 3.32. The summed E-state index contributed by atoms with van der Waals surface area (Å²) in [6.07, 6.45) is 0.952. The Labute approximate surface area is 198 Å². The minimum Gasteiger partial charge on any atom is -0.426 e. The van der Waals surface area contributed by atoms with Crippen molar-refractivity contribution >= 4 is 29.7 Å². The van der Waals surface area contributed by atoms with Crippen LogP contribution in [0.15, 0.2) is 42.5 Å². The summed E-state index contributed by atoms with van der Waals surface area (Å²) in [5.74, 6) is 0.156. The normalized spacial score (nSPS) is 11.7. The summed E-state index contributed by atoms with van der Waals surface area (Å²) in [5, 5.41) is 25.5. The van der Waals surface area contributed by atoms with Crippen molar-refractivity contribution in [1.82, 2.24) is 15.5 Å². The third-order valence-corrected chi connectivity index (χ3v) is 4.77. The van der Waals surface area contributed by atoms with Crippen LogP contribution in [0.5, 0.6) is 0 Å². The largest absolute Gasteiger partial charge is 0.472 e. The van der Waals surface area contributed by atoms with Gasteiger partial charge in [0.25, 0.3) is 0 Å². The van der Waals surface area contributed by atoms with Crippen molar-refractivity contribution < 1.29 is 19.6 Å². The molecule has 33 heavy (non-hydrogen) atoms. The molecular weight excluding hydrogens is 417 g/mol. The highest BCUT2D eigenvalue weighted by Crippen LogP contribution is 2.20. The van der Waals surface area contributed by atoms with E-state index in [-0.39, 0.29) is 18.9 Å². The zero-order chi connectivity index (χ0) is 24.8. The number of amides is 2. The fraction of sp³-hybridized carbons (Fsp3) is 0.520. The van der Waals surface area contributed by atoms with Gasteiger partial charge in [0.15, 0.2) is 0 Å². The average molecular weight is 457 g/mol. The van der Waals surface area contributed by atoms with Gasteiger partial charge in [-0.1, -0.05) is 77.1 Å². The third-order valence-electron chi connectivity index (χ3n) is 4.77. The second kappa shape index (κ2) is 15.4. The molecule has 0 fully saturated rings. The number of hydrogen-bond acceptors (Lipinski definition) is 5. The average Bonchev–Trinajstić information content (AvgIpc) is 2.76. The standard InChI is InChI=1S/C21H30BN3O4.C4H10/c1-3-12-25(4-2)14-20(26)24-19(21(27)23-15-22(28)29)13-17-10-7-9-16-8-5-6-11-18(16)17;1-4(2)3/h5-11,19,28-29H,3-4,12-15H2,1-2H3,(H,23,27)(H,24,26);4H,1-3H3/t19-;/m0./s1. The van der Waals surface area contributed by atoms with Gasteiger partial charge < -0.3 is 20.7 Å². The fourth-order valence-corrected chi connectivity index (χ4v) is 3.32. The van der Waals surface area contributed by atoms with E-state index in [1.807, 2.05) is 54.3 Å². The van der Waals surface area contributed by atoms with Crippen LogP contribution in [0.25, 0.3) is 10.8 Å². The van der Waals surface area contributed by atoms with Crippen LogP contribution in [0.2, 0.25) is 0 Å². The molecule has 0 aliphatic heterocycles. The van der Waals surface area contributed by atoms with Gasteiger partial charge in [-0.25, -0.2) is 0 Å². The van der Waals surface area contributed by atoms with E-state index in [1.54, 1.807) is 0 Å². The van der Waals surface area contributed by atoms with Crippen molar-refractivity contribution in [2.45, 2.75) is 53.5 Å². The molecule has 0 spiro atoms. The molecule has 0 aliphatic rings. The van der Waals surface area contributed by atoms with Gasteiger partial charge >= 0.3 is 7.12 Å². The minimum atomic E-state index is -1.65. The second-order valence-corrected chi connectivity index (χ2v) is 8.79. The van der Waals surface area contributed by atoms with Crippen LogP contribution in [0, 0.1) is 5.92 Å². The number of hydrogen-bond donors (Lipinski definition) is 4. The quantitative estimate of drug-likeness (QED) is 0.388. The van der Waals surface area contributed by atoms with Crippen LogP contribution in [0.1, 0.15) is 46.6 Å². The number of fused-ring (bicyclic) bond motifs is 1. The Bertz CT molecular complexity index is 852.